The Morgan fingerprint density at radius 2 is 1.88 bits per heavy atom. The number of fused-ring (bicyclic) bond motifs is 1. The molecule has 2 fully saturated rings. The zero-order valence-corrected chi connectivity index (χ0v) is 16.2. The van der Waals surface area contributed by atoms with E-state index in [0.29, 0.717) is 6.04 Å². The van der Waals surface area contributed by atoms with Crippen LogP contribution in [0.2, 0.25) is 0 Å². The molecule has 142 valence electrons. The summed E-state index contributed by atoms with van der Waals surface area (Å²) in [6, 6.07) is 7.29. The number of likely N-dealkylation sites (N-methyl/N-ethyl adjacent to an activating group) is 1. The molecular formula is C22H33N3O. The van der Waals surface area contributed by atoms with Gasteiger partial charge in [-0.15, -0.1) is 0 Å². The third kappa shape index (κ3) is 3.75. The molecule has 1 aromatic carbocycles. The SMILES string of the molecule is CN1CCc2cc([C@@H](CNC(=O)C3CCCCC3)N3CCCC3)ccc21. The predicted molar refractivity (Wildman–Crippen MR) is 107 cm³/mol. The third-order valence-corrected chi connectivity index (χ3v) is 6.64. The summed E-state index contributed by atoms with van der Waals surface area (Å²) < 4.78 is 0. The maximum atomic E-state index is 12.6. The first kappa shape index (κ1) is 17.8. The maximum Gasteiger partial charge on any atom is 0.223 e. The van der Waals surface area contributed by atoms with Gasteiger partial charge in [-0.1, -0.05) is 31.4 Å². The largest absolute Gasteiger partial charge is 0.374 e. The first-order chi connectivity index (χ1) is 12.7. The Morgan fingerprint density at radius 3 is 2.65 bits per heavy atom. The summed E-state index contributed by atoms with van der Waals surface area (Å²) >= 11 is 0. The molecule has 1 amide bonds. The molecule has 0 radical (unpaired) electrons. The summed E-state index contributed by atoms with van der Waals surface area (Å²) in [5.41, 5.74) is 4.22. The number of carbonyl (C=O) groups excluding carboxylic acids is 1. The molecule has 4 nitrogen and oxygen atoms in total. The maximum absolute atomic E-state index is 12.6. The lowest BCUT2D eigenvalue weighted by Gasteiger charge is -2.30. The van der Waals surface area contributed by atoms with Crippen molar-refractivity contribution in [3.8, 4) is 0 Å². The Morgan fingerprint density at radius 1 is 1.12 bits per heavy atom. The normalized spacial score (nSPS) is 22.4. The summed E-state index contributed by atoms with van der Waals surface area (Å²) in [7, 11) is 2.17. The smallest absolute Gasteiger partial charge is 0.223 e. The van der Waals surface area contributed by atoms with Gasteiger partial charge in [-0.2, -0.15) is 0 Å². The quantitative estimate of drug-likeness (QED) is 0.878. The first-order valence-electron chi connectivity index (χ1n) is 10.6. The van der Waals surface area contributed by atoms with Gasteiger partial charge in [-0.3, -0.25) is 9.69 Å². The summed E-state index contributed by atoms with van der Waals surface area (Å²) in [4.78, 5) is 17.6. The van der Waals surface area contributed by atoms with E-state index in [2.05, 4.69) is 40.4 Å². The molecule has 0 spiro atoms. The van der Waals surface area contributed by atoms with Gasteiger partial charge in [-0.25, -0.2) is 0 Å². The van der Waals surface area contributed by atoms with Gasteiger partial charge in [-0.05, 0) is 62.4 Å². The Labute approximate surface area is 157 Å². The monoisotopic (exact) mass is 355 g/mol. The van der Waals surface area contributed by atoms with Crippen molar-refractivity contribution in [3.63, 3.8) is 0 Å². The molecule has 1 atom stereocenters. The van der Waals surface area contributed by atoms with Gasteiger partial charge in [0.2, 0.25) is 5.91 Å². The summed E-state index contributed by atoms with van der Waals surface area (Å²) in [6.07, 6.45) is 9.57. The van der Waals surface area contributed by atoms with Crippen molar-refractivity contribution in [2.75, 3.05) is 38.1 Å². The molecule has 1 saturated heterocycles. The number of hydrogen-bond acceptors (Lipinski definition) is 3. The third-order valence-electron chi connectivity index (χ3n) is 6.64. The average molecular weight is 356 g/mol. The molecule has 0 aromatic heterocycles. The number of nitrogens with one attached hydrogen (secondary N) is 1. The minimum Gasteiger partial charge on any atom is -0.374 e. The standard InChI is InChI=1S/C22H33N3O/c1-24-14-11-19-15-18(9-10-20(19)24)21(25-12-5-6-13-25)16-23-22(26)17-7-3-2-4-8-17/h9-10,15,17,21H,2-8,11-14,16H2,1H3,(H,23,26)/t21-/m1/s1. The van der Waals surface area contributed by atoms with E-state index in [1.165, 1.54) is 48.9 Å². The van der Waals surface area contributed by atoms with E-state index in [1.807, 2.05) is 0 Å². The number of hydrogen-bond donors (Lipinski definition) is 1. The molecule has 1 N–H and O–H groups in total. The molecule has 0 unspecified atom stereocenters. The second-order valence-corrected chi connectivity index (χ2v) is 8.40. The fourth-order valence-corrected chi connectivity index (χ4v) is 5.01. The summed E-state index contributed by atoms with van der Waals surface area (Å²) in [5.74, 6) is 0.534. The van der Waals surface area contributed by atoms with Crippen molar-refractivity contribution in [2.45, 2.75) is 57.4 Å². The molecule has 2 heterocycles. The van der Waals surface area contributed by atoms with Crippen LogP contribution in [0, 0.1) is 5.92 Å². The second kappa shape index (κ2) is 7.99. The fraction of sp³-hybridized carbons (Fsp3) is 0.682. The van der Waals surface area contributed by atoms with Gasteiger partial charge in [0.1, 0.15) is 0 Å². The molecule has 1 saturated carbocycles. The minimum absolute atomic E-state index is 0.247. The first-order valence-corrected chi connectivity index (χ1v) is 10.6. The van der Waals surface area contributed by atoms with Crippen molar-refractivity contribution < 1.29 is 4.79 Å². The van der Waals surface area contributed by atoms with Crippen LogP contribution in [-0.4, -0.2) is 44.0 Å². The number of benzene rings is 1. The van der Waals surface area contributed by atoms with Crippen molar-refractivity contribution in [1.29, 1.82) is 0 Å². The average Bonchev–Trinajstić information content (AvgIpc) is 3.33. The number of amides is 1. The highest BCUT2D eigenvalue weighted by Gasteiger charge is 2.27. The second-order valence-electron chi connectivity index (χ2n) is 8.40. The van der Waals surface area contributed by atoms with Crippen LogP contribution in [0.1, 0.15) is 62.1 Å². The summed E-state index contributed by atoms with van der Waals surface area (Å²) in [6.45, 7) is 4.18. The Hall–Kier alpha value is -1.55. The molecular weight excluding hydrogens is 322 g/mol. The van der Waals surface area contributed by atoms with E-state index < -0.39 is 0 Å². The van der Waals surface area contributed by atoms with Gasteiger partial charge in [0.15, 0.2) is 0 Å². The molecule has 3 aliphatic rings. The Balaban J connectivity index is 1.47. The molecule has 1 aliphatic carbocycles. The minimum atomic E-state index is 0.247. The van der Waals surface area contributed by atoms with E-state index >= 15 is 0 Å². The predicted octanol–water partition coefficient (Wildman–Crippen LogP) is 3.51. The van der Waals surface area contributed by atoms with Crippen molar-refractivity contribution >= 4 is 11.6 Å². The van der Waals surface area contributed by atoms with Gasteiger partial charge in [0, 0.05) is 31.7 Å². The Bertz CT molecular complexity index is 632. The fourth-order valence-electron chi connectivity index (χ4n) is 5.01. The van der Waals surface area contributed by atoms with Crippen LogP contribution < -0.4 is 10.2 Å². The van der Waals surface area contributed by atoms with E-state index in [1.54, 1.807) is 0 Å². The van der Waals surface area contributed by atoms with Crippen LogP contribution in [0.4, 0.5) is 5.69 Å². The van der Waals surface area contributed by atoms with E-state index in [9.17, 15) is 4.79 Å². The molecule has 4 rings (SSSR count). The van der Waals surface area contributed by atoms with Crippen LogP contribution in [0.25, 0.3) is 0 Å². The topological polar surface area (TPSA) is 35.6 Å². The highest BCUT2D eigenvalue weighted by molar-refractivity contribution is 5.78. The molecule has 4 heteroatoms. The zero-order valence-electron chi connectivity index (χ0n) is 16.2. The zero-order chi connectivity index (χ0) is 17.9. The van der Waals surface area contributed by atoms with Crippen LogP contribution in [0.15, 0.2) is 18.2 Å². The van der Waals surface area contributed by atoms with Crippen LogP contribution in [0.3, 0.4) is 0 Å². The van der Waals surface area contributed by atoms with Crippen molar-refractivity contribution in [3.05, 3.63) is 29.3 Å². The van der Waals surface area contributed by atoms with E-state index in [-0.39, 0.29) is 11.8 Å². The van der Waals surface area contributed by atoms with E-state index in [4.69, 9.17) is 0 Å². The highest BCUT2D eigenvalue weighted by Crippen LogP contribution is 2.32. The van der Waals surface area contributed by atoms with Gasteiger partial charge in [0.25, 0.3) is 0 Å². The summed E-state index contributed by atoms with van der Waals surface area (Å²) in [5, 5.41) is 3.31. The lowest BCUT2D eigenvalue weighted by atomic mass is 9.88. The van der Waals surface area contributed by atoms with Gasteiger partial charge in [0.05, 0.1) is 6.04 Å². The van der Waals surface area contributed by atoms with Crippen molar-refractivity contribution in [2.24, 2.45) is 5.92 Å². The Kier molecular flexibility index (Phi) is 5.49. The highest BCUT2D eigenvalue weighted by atomic mass is 16.1. The van der Waals surface area contributed by atoms with Crippen LogP contribution in [-0.2, 0) is 11.2 Å². The number of likely N-dealkylation sites (tertiary alicyclic amines) is 1. The van der Waals surface area contributed by atoms with Crippen molar-refractivity contribution in [1.82, 2.24) is 10.2 Å². The van der Waals surface area contributed by atoms with Gasteiger partial charge < -0.3 is 10.2 Å². The number of anilines is 1. The molecule has 1 aromatic rings. The number of nitrogens with zero attached hydrogens (tertiary/aromatic N) is 2. The number of rotatable bonds is 5. The molecule has 2 aliphatic heterocycles. The molecule has 0 bridgehead atoms. The van der Waals surface area contributed by atoms with E-state index in [0.717, 1.165) is 45.4 Å². The lowest BCUT2D eigenvalue weighted by Crippen LogP contribution is -2.39. The van der Waals surface area contributed by atoms with Crippen LogP contribution in [0.5, 0.6) is 0 Å². The lowest BCUT2D eigenvalue weighted by molar-refractivity contribution is -0.126. The van der Waals surface area contributed by atoms with Gasteiger partial charge >= 0.3 is 0 Å². The molecule has 26 heavy (non-hydrogen) atoms. The van der Waals surface area contributed by atoms with Crippen LogP contribution >= 0.6 is 0 Å². The number of carbonyl (C=O) groups is 1.